The molecule has 0 saturated carbocycles. The van der Waals surface area contributed by atoms with Crippen LogP contribution >= 0.6 is 34.2 Å². The number of rotatable bonds is 5. The van der Waals surface area contributed by atoms with Gasteiger partial charge in [0.05, 0.1) is 5.02 Å². The summed E-state index contributed by atoms with van der Waals surface area (Å²) in [7, 11) is 3.20. The Labute approximate surface area is 159 Å². The first-order valence-electron chi connectivity index (χ1n) is 7.13. The molecule has 24 heavy (non-hydrogen) atoms. The number of ketones is 1. The van der Waals surface area contributed by atoms with Crippen molar-refractivity contribution in [3.63, 3.8) is 0 Å². The molecule has 0 bridgehead atoms. The van der Waals surface area contributed by atoms with Gasteiger partial charge in [0.25, 0.3) is 5.91 Å². The lowest BCUT2D eigenvalue weighted by Gasteiger charge is -2.14. The molecule has 0 fully saturated rings. The van der Waals surface area contributed by atoms with Crippen molar-refractivity contribution < 1.29 is 9.59 Å². The summed E-state index contributed by atoms with van der Waals surface area (Å²) in [6, 6.07) is 14.3. The maximum atomic E-state index is 12.7. The molecule has 0 aliphatic rings. The number of hydrogen-bond donors (Lipinski definition) is 1. The van der Waals surface area contributed by atoms with Crippen LogP contribution in [-0.2, 0) is 4.79 Å². The number of nitrogens with zero attached hydrogens (tertiary/aromatic N) is 1. The molecule has 0 spiro atoms. The monoisotopic (exact) mass is 454 g/mol. The van der Waals surface area contributed by atoms with Gasteiger partial charge in [-0.05, 0) is 59.0 Å². The summed E-state index contributed by atoms with van der Waals surface area (Å²) in [5.41, 5.74) is 1.10. The second-order valence-corrected chi connectivity index (χ2v) is 6.87. The fourth-order valence-corrected chi connectivity index (χ4v) is 2.54. The minimum atomic E-state index is -0.419. The lowest BCUT2D eigenvalue weighted by Crippen LogP contribution is -2.28. The average molecular weight is 455 g/mol. The van der Waals surface area contributed by atoms with Gasteiger partial charge in [-0.15, -0.1) is 0 Å². The van der Waals surface area contributed by atoms with E-state index in [1.54, 1.807) is 38.4 Å². The maximum Gasteiger partial charge on any atom is 0.258 e. The molecule has 1 N–H and O–H groups in total. The Morgan fingerprint density at radius 3 is 2.29 bits per heavy atom. The van der Waals surface area contributed by atoms with E-state index < -0.39 is 11.7 Å². The first kappa shape index (κ1) is 18.5. The predicted molar refractivity (Wildman–Crippen MR) is 105 cm³/mol. The Bertz CT molecular complexity index is 786. The molecule has 0 heterocycles. The van der Waals surface area contributed by atoms with Gasteiger partial charge in [-0.2, -0.15) is 0 Å². The first-order chi connectivity index (χ1) is 11.4. The number of halogens is 2. The number of amides is 1. The van der Waals surface area contributed by atoms with E-state index in [1.165, 1.54) is 11.1 Å². The Hall–Kier alpha value is -1.86. The quantitative estimate of drug-likeness (QED) is 0.242. The molecule has 0 aliphatic heterocycles. The van der Waals surface area contributed by atoms with Gasteiger partial charge in [0, 0.05) is 35.1 Å². The highest BCUT2D eigenvalue weighted by molar-refractivity contribution is 14.1. The Balaban J connectivity index is 2.36. The molecule has 4 nitrogen and oxygen atoms in total. The molecule has 1 amide bonds. The van der Waals surface area contributed by atoms with Gasteiger partial charge in [-0.3, -0.25) is 9.59 Å². The van der Waals surface area contributed by atoms with E-state index in [1.807, 2.05) is 24.3 Å². The highest BCUT2D eigenvalue weighted by atomic mass is 127. The van der Waals surface area contributed by atoms with Crippen molar-refractivity contribution in [2.45, 2.75) is 0 Å². The molecular weight excluding hydrogens is 439 g/mol. The van der Waals surface area contributed by atoms with Gasteiger partial charge < -0.3 is 10.2 Å². The van der Waals surface area contributed by atoms with Crippen molar-refractivity contribution in [1.82, 2.24) is 4.90 Å². The Morgan fingerprint density at radius 2 is 1.71 bits per heavy atom. The third kappa shape index (κ3) is 4.58. The smallest absolute Gasteiger partial charge is 0.258 e. The van der Waals surface area contributed by atoms with Crippen LogP contribution in [0, 0.1) is 3.57 Å². The molecule has 0 radical (unpaired) electrons. The van der Waals surface area contributed by atoms with Crippen LogP contribution in [0.2, 0.25) is 5.02 Å². The molecular formula is C18H16ClIN2O2. The molecule has 2 rings (SSSR count). The van der Waals surface area contributed by atoms with Crippen LogP contribution in [0.1, 0.15) is 10.4 Å². The molecule has 0 aliphatic carbocycles. The number of Topliss-reactive ketones (excluding diaryl/α,β-unsaturated/α-hetero) is 1. The van der Waals surface area contributed by atoms with Crippen LogP contribution in [0.3, 0.4) is 0 Å². The van der Waals surface area contributed by atoms with Crippen LogP contribution in [0.15, 0.2) is 60.3 Å². The summed E-state index contributed by atoms with van der Waals surface area (Å²) in [4.78, 5) is 26.5. The van der Waals surface area contributed by atoms with E-state index in [2.05, 4.69) is 27.9 Å². The van der Waals surface area contributed by atoms with Crippen LogP contribution in [0.25, 0.3) is 0 Å². The fraction of sp³-hybridized carbons (Fsp3) is 0.111. The van der Waals surface area contributed by atoms with E-state index in [-0.39, 0.29) is 5.57 Å². The number of nitrogens with one attached hydrogen (secondary N) is 1. The highest BCUT2D eigenvalue weighted by Gasteiger charge is 2.23. The molecule has 0 unspecified atom stereocenters. The summed E-state index contributed by atoms with van der Waals surface area (Å²) in [6.07, 6.45) is 1.43. The molecule has 0 aromatic heterocycles. The topological polar surface area (TPSA) is 49.4 Å². The van der Waals surface area contributed by atoms with Crippen molar-refractivity contribution >= 4 is 51.6 Å². The van der Waals surface area contributed by atoms with E-state index in [0.717, 1.165) is 9.26 Å². The number of likely N-dealkylation sites (N-methyl/N-ethyl adjacent to an activating group) is 1. The van der Waals surface area contributed by atoms with Crippen molar-refractivity contribution in [3.8, 4) is 0 Å². The van der Waals surface area contributed by atoms with Crippen LogP contribution in [0.4, 0.5) is 5.69 Å². The zero-order valence-corrected chi connectivity index (χ0v) is 16.1. The van der Waals surface area contributed by atoms with Crippen LogP contribution in [-0.4, -0.2) is 30.7 Å². The molecule has 2 aromatic carbocycles. The molecule has 0 atom stereocenters. The zero-order chi connectivity index (χ0) is 17.7. The number of carbonyl (C=O) groups excluding carboxylic acids is 2. The second-order valence-electron chi connectivity index (χ2n) is 5.22. The summed E-state index contributed by atoms with van der Waals surface area (Å²) < 4.78 is 1.10. The second kappa shape index (κ2) is 8.30. The lowest BCUT2D eigenvalue weighted by molar-refractivity contribution is -0.124. The van der Waals surface area contributed by atoms with E-state index in [4.69, 9.17) is 11.6 Å². The van der Waals surface area contributed by atoms with Crippen molar-refractivity contribution in [2.24, 2.45) is 0 Å². The predicted octanol–water partition coefficient (Wildman–Crippen LogP) is 4.21. The van der Waals surface area contributed by atoms with Gasteiger partial charge in [0.15, 0.2) is 0 Å². The maximum absolute atomic E-state index is 12.7. The number of anilines is 1. The summed E-state index contributed by atoms with van der Waals surface area (Å²) >= 11 is 8.29. The molecule has 0 saturated heterocycles. The largest absolute Gasteiger partial charge is 0.361 e. The van der Waals surface area contributed by atoms with Crippen molar-refractivity contribution in [2.75, 3.05) is 19.4 Å². The van der Waals surface area contributed by atoms with Gasteiger partial charge in [0.2, 0.25) is 5.78 Å². The standard InChI is InChI=1S/C18H16ClIN2O2/c1-22(2)18(24)15(11-21-13-9-7-12(20)8-10-13)17(23)14-5-3-4-6-16(14)19/h3-11,21H,1-2H3. The van der Waals surface area contributed by atoms with Crippen molar-refractivity contribution in [1.29, 1.82) is 0 Å². The Kier molecular flexibility index (Phi) is 6.39. The summed E-state index contributed by atoms with van der Waals surface area (Å²) in [5.74, 6) is -0.810. The average Bonchev–Trinajstić information content (AvgIpc) is 2.56. The van der Waals surface area contributed by atoms with Gasteiger partial charge in [0.1, 0.15) is 5.57 Å². The molecule has 6 heteroatoms. The molecule has 2 aromatic rings. The highest BCUT2D eigenvalue weighted by Crippen LogP contribution is 2.20. The first-order valence-corrected chi connectivity index (χ1v) is 8.59. The number of hydrogen-bond acceptors (Lipinski definition) is 3. The normalized spacial score (nSPS) is 11.1. The minimum absolute atomic E-state index is 0.0200. The third-order valence-electron chi connectivity index (χ3n) is 3.23. The van der Waals surface area contributed by atoms with Crippen molar-refractivity contribution in [3.05, 3.63) is 74.5 Å². The fourth-order valence-electron chi connectivity index (χ4n) is 1.96. The molecule has 124 valence electrons. The van der Waals surface area contributed by atoms with Gasteiger partial charge >= 0.3 is 0 Å². The van der Waals surface area contributed by atoms with Crippen LogP contribution in [0.5, 0.6) is 0 Å². The minimum Gasteiger partial charge on any atom is -0.361 e. The third-order valence-corrected chi connectivity index (χ3v) is 4.28. The SMILES string of the molecule is CN(C)C(=O)C(=CNc1ccc(I)cc1)C(=O)c1ccccc1Cl. The van der Waals surface area contributed by atoms with E-state index in [9.17, 15) is 9.59 Å². The van der Waals surface area contributed by atoms with E-state index >= 15 is 0 Å². The number of carbonyl (C=O) groups is 2. The van der Waals surface area contributed by atoms with E-state index in [0.29, 0.717) is 10.6 Å². The van der Waals surface area contributed by atoms with Gasteiger partial charge in [-0.1, -0.05) is 23.7 Å². The summed E-state index contributed by atoms with van der Waals surface area (Å²) in [5, 5.41) is 3.32. The number of benzene rings is 2. The summed E-state index contributed by atoms with van der Waals surface area (Å²) in [6.45, 7) is 0. The lowest BCUT2D eigenvalue weighted by atomic mass is 10.0. The zero-order valence-electron chi connectivity index (χ0n) is 13.2. The Morgan fingerprint density at radius 1 is 1.08 bits per heavy atom. The van der Waals surface area contributed by atoms with Gasteiger partial charge in [-0.25, -0.2) is 0 Å². The van der Waals surface area contributed by atoms with Crippen LogP contribution < -0.4 is 5.32 Å².